The van der Waals surface area contributed by atoms with Crippen molar-refractivity contribution in [3.63, 3.8) is 0 Å². The van der Waals surface area contributed by atoms with E-state index in [0.717, 1.165) is 29.2 Å². The Morgan fingerprint density at radius 2 is 1.68 bits per heavy atom. The van der Waals surface area contributed by atoms with Crippen LogP contribution in [0.4, 0.5) is 11.4 Å². The van der Waals surface area contributed by atoms with Crippen LogP contribution in [0.25, 0.3) is 0 Å². The minimum Gasteiger partial charge on any atom is -0.491 e. The van der Waals surface area contributed by atoms with Crippen LogP contribution in [-0.2, 0) is 6.54 Å². The topological polar surface area (TPSA) is 67.5 Å². The molecule has 0 aromatic heterocycles. The number of aliphatic hydroxyl groups excluding tert-OH is 1. The van der Waals surface area contributed by atoms with E-state index in [2.05, 4.69) is 5.32 Å². The summed E-state index contributed by atoms with van der Waals surface area (Å²) >= 11 is 0. The van der Waals surface area contributed by atoms with Crippen molar-refractivity contribution in [3.05, 3.63) is 54.1 Å². The molecule has 0 radical (unpaired) electrons. The summed E-state index contributed by atoms with van der Waals surface area (Å²) in [6, 6.07) is 15.4. The SMILES string of the molecule is Nc1ccc(NCc2ccc(OCCO)cc2)cc1. The summed E-state index contributed by atoms with van der Waals surface area (Å²) in [7, 11) is 0. The number of hydrogen-bond acceptors (Lipinski definition) is 4. The maximum absolute atomic E-state index is 8.67. The maximum Gasteiger partial charge on any atom is 0.119 e. The van der Waals surface area contributed by atoms with Gasteiger partial charge in [0.1, 0.15) is 12.4 Å². The molecular weight excluding hydrogens is 240 g/mol. The van der Waals surface area contributed by atoms with E-state index in [9.17, 15) is 0 Å². The first-order chi connectivity index (χ1) is 9.28. The predicted octanol–water partition coefficient (Wildman–Crippen LogP) is 2.25. The second-order valence-corrected chi connectivity index (χ2v) is 4.19. The number of nitrogen functional groups attached to an aromatic ring is 1. The Kier molecular flexibility index (Phi) is 4.64. The summed E-state index contributed by atoms with van der Waals surface area (Å²) in [5, 5.41) is 12.0. The average Bonchev–Trinajstić information content (AvgIpc) is 2.46. The Bertz CT molecular complexity index is 495. The van der Waals surface area contributed by atoms with Gasteiger partial charge in [-0.05, 0) is 42.0 Å². The second-order valence-electron chi connectivity index (χ2n) is 4.19. The lowest BCUT2D eigenvalue weighted by Crippen LogP contribution is -2.02. The highest BCUT2D eigenvalue weighted by molar-refractivity contribution is 5.51. The fourth-order valence-electron chi connectivity index (χ4n) is 1.67. The third kappa shape index (κ3) is 4.19. The van der Waals surface area contributed by atoms with Gasteiger partial charge >= 0.3 is 0 Å². The first kappa shape index (κ1) is 13.2. The van der Waals surface area contributed by atoms with Crippen molar-refractivity contribution in [2.75, 3.05) is 24.3 Å². The highest BCUT2D eigenvalue weighted by atomic mass is 16.5. The van der Waals surface area contributed by atoms with Crippen molar-refractivity contribution in [3.8, 4) is 5.75 Å². The van der Waals surface area contributed by atoms with E-state index in [0.29, 0.717) is 6.61 Å². The van der Waals surface area contributed by atoms with Gasteiger partial charge in [-0.25, -0.2) is 0 Å². The third-order valence-electron chi connectivity index (χ3n) is 2.69. The van der Waals surface area contributed by atoms with Crippen LogP contribution in [0.1, 0.15) is 5.56 Å². The van der Waals surface area contributed by atoms with Gasteiger partial charge in [-0.3, -0.25) is 0 Å². The molecule has 2 aromatic rings. The highest BCUT2D eigenvalue weighted by Gasteiger charge is 1.96. The molecule has 0 bridgehead atoms. The van der Waals surface area contributed by atoms with Crippen molar-refractivity contribution in [1.29, 1.82) is 0 Å². The summed E-state index contributed by atoms with van der Waals surface area (Å²) in [5.41, 5.74) is 8.59. The number of anilines is 2. The molecule has 0 saturated carbocycles. The van der Waals surface area contributed by atoms with Gasteiger partial charge in [0.25, 0.3) is 0 Å². The zero-order valence-corrected chi connectivity index (χ0v) is 10.7. The standard InChI is InChI=1S/C15H18N2O2/c16-13-3-5-14(6-4-13)17-11-12-1-7-15(8-2-12)19-10-9-18/h1-8,17-18H,9-11,16H2. The van der Waals surface area contributed by atoms with Crippen molar-refractivity contribution >= 4 is 11.4 Å². The van der Waals surface area contributed by atoms with Crippen LogP contribution in [0, 0.1) is 0 Å². The Hall–Kier alpha value is -2.20. The van der Waals surface area contributed by atoms with Crippen LogP contribution in [0.3, 0.4) is 0 Å². The number of hydrogen-bond donors (Lipinski definition) is 3. The number of ether oxygens (including phenoxy) is 1. The Morgan fingerprint density at radius 3 is 2.32 bits per heavy atom. The highest BCUT2D eigenvalue weighted by Crippen LogP contribution is 2.15. The first-order valence-corrected chi connectivity index (χ1v) is 6.20. The van der Waals surface area contributed by atoms with Gasteiger partial charge in [0.2, 0.25) is 0 Å². The maximum atomic E-state index is 8.67. The van der Waals surface area contributed by atoms with E-state index in [1.165, 1.54) is 0 Å². The van der Waals surface area contributed by atoms with E-state index in [4.69, 9.17) is 15.6 Å². The fraction of sp³-hybridized carbons (Fsp3) is 0.200. The number of benzene rings is 2. The molecule has 0 atom stereocenters. The van der Waals surface area contributed by atoms with Gasteiger partial charge in [0.15, 0.2) is 0 Å². The predicted molar refractivity (Wildman–Crippen MR) is 77.2 cm³/mol. The lowest BCUT2D eigenvalue weighted by atomic mass is 10.2. The zero-order valence-electron chi connectivity index (χ0n) is 10.7. The number of nitrogens with one attached hydrogen (secondary N) is 1. The molecule has 0 spiro atoms. The second kappa shape index (κ2) is 6.66. The van der Waals surface area contributed by atoms with Crippen LogP contribution < -0.4 is 15.8 Å². The Morgan fingerprint density at radius 1 is 1.00 bits per heavy atom. The van der Waals surface area contributed by atoms with Gasteiger partial charge in [-0.1, -0.05) is 12.1 Å². The molecule has 0 aliphatic carbocycles. The first-order valence-electron chi connectivity index (χ1n) is 6.20. The third-order valence-corrected chi connectivity index (χ3v) is 2.69. The molecule has 0 heterocycles. The quantitative estimate of drug-likeness (QED) is 0.695. The largest absolute Gasteiger partial charge is 0.491 e. The fourth-order valence-corrected chi connectivity index (χ4v) is 1.67. The van der Waals surface area contributed by atoms with E-state index < -0.39 is 0 Å². The van der Waals surface area contributed by atoms with Gasteiger partial charge in [-0.15, -0.1) is 0 Å². The molecule has 100 valence electrons. The van der Waals surface area contributed by atoms with E-state index >= 15 is 0 Å². The van der Waals surface area contributed by atoms with Gasteiger partial charge in [-0.2, -0.15) is 0 Å². The number of nitrogens with two attached hydrogens (primary N) is 1. The van der Waals surface area contributed by atoms with Crippen LogP contribution >= 0.6 is 0 Å². The average molecular weight is 258 g/mol. The lowest BCUT2D eigenvalue weighted by Gasteiger charge is -2.08. The smallest absolute Gasteiger partial charge is 0.119 e. The summed E-state index contributed by atoms with van der Waals surface area (Å²) < 4.78 is 5.30. The lowest BCUT2D eigenvalue weighted by molar-refractivity contribution is 0.201. The molecule has 4 nitrogen and oxygen atoms in total. The number of rotatable bonds is 6. The minimum atomic E-state index is 0.0282. The van der Waals surface area contributed by atoms with Crippen LogP contribution in [0.15, 0.2) is 48.5 Å². The Balaban J connectivity index is 1.87. The van der Waals surface area contributed by atoms with Crippen molar-refractivity contribution < 1.29 is 9.84 Å². The van der Waals surface area contributed by atoms with Crippen LogP contribution in [-0.4, -0.2) is 18.3 Å². The molecule has 4 N–H and O–H groups in total. The monoisotopic (exact) mass is 258 g/mol. The van der Waals surface area contributed by atoms with Gasteiger partial charge in [0.05, 0.1) is 6.61 Å². The summed E-state index contributed by atoms with van der Waals surface area (Å²) in [5.74, 6) is 0.769. The van der Waals surface area contributed by atoms with E-state index in [1.54, 1.807) is 0 Å². The van der Waals surface area contributed by atoms with E-state index in [-0.39, 0.29) is 6.61 Å². The molecular formula is C15H18N2O2. The van der Waals surface area contributed by atoms with Crippen molar-refractivity contribution in [2.24, 2.45) is 0 Å². The summed E-state index contributed by atoms with van der Waals surface area (Å²) in [6.45, 7) is 1.09. The molecule has 4 heteroatoms. The van der Waals surface area contributed by atoms with E-state index in [1.807, 2.05) is 48.5 Å². The summed E-state index contributed by atoms with van der Waals surface area (Å²) in [6.07, 6.45) is 0. The molecule has 2 rings (SSSR count). The van der Waals surface area contributed by atoms with Crippen LogP contribution in [0.2, 0.25) is 0 Å². The molecule has 0 aliphatic heterocycles. The molecule has 0 unspecified atom stereocenters. The Labute approximate surface area is 112 Å². The molecule has 0 amide bonds. The summed E-state index contributed by atoms with van der Waals surface area (Å²) in [4.78, 5) is 0. The zero-order chi connectivity index (χ0) is 13.5. The molecule has 0 fully saturated rings. The normalized spacial score (nSPS) is 10.2. The van der Waals surface area contributed by atoms with Gasteiger partial charge < -0.3 is 20.9 Å². The number of aliphatic hydroxyl groups is 1. The molecule has 0 saturated heterocycles. The molecule has 0 aliphatic rings. The van der Waals surface area contributed by atoms with Gasteiger partial charge in [0, 0.05) is 17.9 Å². The van der Waals surface area contributed by atoms with Crippen molar-refractivity contribution in [1.82, 2.24) is 0 Å². The van der Waals surface area contributed by atoms with Crippen LogP contribution in [0.5, 0.6) is 5.75 Å². The minimum absolute atomic E-state index is 0.0282. The molecule has 19 heavy (non-hydrogen) atoms. The molecule has 2 aromatic carbocycles. The van der Waals surface area contributed by atoms with Crippen molar-refractivity contribution in [2.45, 2.75) is 6.54 Å².